The molecule has 4 aromatic rings. The predicted molar refractivity (Wildman–Crippen MR) is 120 cm³/mol. The molecule has 0 atom stereocenters. The predicted octanol–water partition coefficient (Wildman–Crippen LogP) is 5.15. The van der Waals surface area contributed by atoms with Crippen LogP contribution >= 0.6 is 0 Å². The van der Waals surface area contributed by atoms with Gasteiger partial charge in [0.25, 0.3) is 0 Å². The number of benzene rings is 2. The van der Waals surface area contributed by atoms with Gasteiger partial charge >= 0.3 is 5.97 Å². The maximum atomic E-state index is 11.8. The van der Waals surface area contributed by atoms with Gasteiger partial charge in [-0.2, -0.15) is 0 Å². The van der Waals surface area contributed by atoms with Gasteiger partial charge in [-0.3, -0.25) is 4.57 Å². The fourth-order valence-electron chi connectivity index (χ4n) is 3.80. The summed E-state index contributed by atoms with van der Waals surface area (Å²) in [7, 11) is 0. The maximum absolute atomic E-state index is 11.8. The van der Waals surface area contributed by atoms with Crippen molar-refractivity contribution in [3.05, 3.63) is 89.5 Å². The number of aromatic nitrogens is 3. The molecule has 0 aliphatic rings. The minimum atomic E-state index is -0.277. The van der Waals surface area contributed by atoms with Gasteiger partial charge in [0, 0.05) is 29.9 Å². The van der Waals surface area contributed by atoms with Gasteiger partial charge in [-0.05, 0) is 49.6 Å². The zero-order valence-electron chi connectivity index (χ0n) is 17.5. The van der Waals surface area contributed by atoms with E-state index < -0.39 is 0 Å². The molecule has 0 aliphatic heterocycles. The van der Waals surface area contributed by atoms with Crippen LogP contribution in [0.2, 0.25) is 0 Å². The van der Waals surface area contributed by atoms with Crippen molar-refractivity contribution in [3.8, 4) is 5.82 Å². The molecule has 0 saturated heterocycles. The fraction of sp³-hybridized carbons (Fsp3) is 0.200. The molecular formula is C25H25N3O2. The number of esters is 1. The van der Waals surface area contributed by atoms with Crippen molar-refractivity contribution in [3.63, 3.8) is 0 Å². The van der Waals surface area contributed by atoms with E-state index in [1.165, 1.54) is 22.0 Å². The van der Waals surface area contributed by atoms with Gasteiger partial charge in [0.2, 0.25) is 0 Å². The molecule has 0 amide bonds. The number of hydrogen-bond donors (Lipinski definition) is 0. The van der Waals surface area contributed by atoms with Crippen molar-refractivity contribution in [1.82, 2.24) is 14.1 Å². The van der Waals surface area contributed by atoms with E-state index in [4.69, 9.17) is 4.74 Å². The van der Waals surface area contributed by atoms with Crippen molar-refractivity contribution < 1.29 is 9.53 Å². The molecule has 0 radical (unpaired) electrons. The minimum Gasteiger partial charge on any atom is -0.463 e. The van der Waals surface area contributed by atoms with Crippen LogP contribution in [0.1, 0.15) is 30.5 Å². The largest absolute Gasteiger partial charge is 0.463 e. The lowest BCUT2D eigenvalue weighted by Gasteiger charge is -2.13. The molecule has 0 saturated carbocycles. The van der Waals surface area contributed by atoms with E-state index in [0.29, 0.717) is 12.2 Å². The number of fused-ring (bicyclic) bond motifs is 1. The number of rotatable bonds is 6. The summed E-state index contributed by atoms with van der Waals surface area (Å²) in [5, 5.41) is 1.24. The molecule has 4 rings (SSSR count). The van der Waals surface area contributed by atoms with E-state index in [-0.39, 0.29) is 5.97 Å². The van der Waals surface area contributed by atoms with Crippen LogP contribution in [0.15, 0.2) is 72.8 Å². The van der Waals surface area contributed by atoms with Gasteiger partial charge in [0.15, 0.2) is 0 Å². The van der Waals surface area contributed by atoms with E-state index in [0.717, 1.165) is 17.9 Å². The van der Waals surface area contributed by atoms with Gasteiger partial charge in [0.1, 0.15) is 12.1 Å². The molecule has 5 heteroatoms. The summed E-state index contributed by atoms with van der Waals surface area (Å²) in [5.41, 5.74) is 5.18. The third-order valence-electron chi connectivity index (χ3n) is 5.24. The molecule has 30 heavy (non-hydrogen) atoms. The first kappa shape index (κ1) is 19.7. The van der Waals surface area contributed by atoms with Gasteiger partial charge in [-0.1, -0.05) is 42.5 Å². The smallest absolute Gasteiger partial charge is 0.333 e. The molecule has 0 aliphatic carbocycles. The zero-order chi connectivity index (χ0) is 21.1. The Morgan fingerprint density at radius 1 is 1.13 bits per heavy atom. The third kappa shape index (κ3) is 3.79. The average molecular weight is 399 g/mol. The minimum absolute atomic E-state index is 0.277. The standard InChI is InChI=1S/C25H25N3O2/c1-4-30-25(29)18(2)15-20-9-11-21(12-10-20)16-28-23-8-6-5-7-22(23)19(3)24(28)27-14-13-26-17-27/h5-15,17H,4,16H2,1-3H3. The molecule has 152 valence electrons. The van der Waals surface area contributed by atoms with Crippen molar-refractivity contribution in [2.75, 3.05) is 6.61 Å². The lowest BCUT2D eigenvalue weighted by atomic mass is 10.1. The lowest BCUT2D eigenvalue weighted by Crippen LogP contribution is -2.07. The number of hydrogen-bond acceptors (Lipinski definition) is 3. The summed E-state index contributed by atoms with van der Waals surface area (Å²) >= 11 is 0. The third-order valence-corrected chi connectivity index (χ3v) is 5.24. The quantitative estimate of drug-likeness (QED) is 0.333. The van der Waals surface area contributed by atoms with Gasteiger partial charge in [0.05, 0.1) is 12.1 Å². The van der Waals surface area contributed by atoms with Crippen LogP contribution in [0.4, 0.5) is 0 Å². The Bertz CT molecular complexity index is 1200. The Hall–Kier alpha value is -3.60. The Labute approximate surface area is 176 Å². The Balaban J connectivity index is 1.68. The number of carbonyl (C=O) groups is 1. The normalized spacial score (nSPS) is 11.8. The SMILES string of the molecule is CCOC(=O)C(C)=Cc1ccc(Cn2c(-n3ccnc3)c(C)c3ccccc32)cc1. The van der Waals surface area contributed by atoms with Gasteiger partial charge < -0.3 is 9.30 Å². The molecule has 2 aromatic heterocycles. The second kappa shape index (κ2) is 8.41. The first-order valence-electron chi connectivity index (χ1n) is 10.1. The van der Waals surface area contributed by atoms with Crippen molar-refractivity contribution >= 4 is 22.9 Å². The molecule has 0 bridgehead atoms. The molecule has 2 heterocycles. The van der Waals surface area contributed by atoms with Crippen LogP contribution in [-0.2, 0) is 16.1 Å². The summed E-state index contributed by atoms with van der Waals surface area (Å²) in [6.07, 6.45) is 7.47. The Morgan fingerprint density at radius 3 is 2.60 bits per heavy atom. The summed E-state index contributed by atoms with van der Waals surface area (Å²) in [4.78, 5) is 16.1. The Morgan fingerprint density at radius 2 is 1.90 bits per heavy atom. The molecule has 0 N–H and O–H groups in total. The highest BCUT2D eigenvalue weighted by Crippen LogP contribution is 2.29. The van der Waals surface area contributed by atoms with E-state index in [1.54, 1.807) is 13.1 Å². The molecule has 2 aromatic carbocycles. The summed E-state index contributed by atoms with van der Waals surface area (Å²) < 4.78 is 9.44. The highest BCUT2D eigenvalue weighted by atomic mass is 16.5. The van der Waals surface area contributed by atoms with E-state index in [1.807, 2.05) is 37.7 Å². The van der Waals surface area contributed by atoms with Crippen LogP contribution in [0.5, 0.6) is 0 Å². The van der Waals surface area contributed by atoms with Crippen molar-refractivity contribution in [1.29, 1.82) is 0 Å². The number of nitrogens with zero attached hydrogens (tertiary/aromatic N) is 3. The average Bonchev–Trinajstić information content (AvgIpc) is 3.37. The van der Waals surface area contributed by atoms with E-state index in [2.05, 4.69) is 57.4 Å². The summed E-state index contributed by atoms with van der Waals surface area (Å²) in [5.74, 6) is 0.844. The van der Waals surface area contributed by atoms with Crippen LogP contribution in [0, 0.1) is 6.92 Å². The second-order valence-corrected chi connectivity index (χ2v) is 7.31. The molecule has 0 unspecified atom stereocenters. The van der Waals surface area contributed by atoms with Crippen LogP contribution < -0.4 is 0 Å². The highest BCUT2D eigenvalue weighted by Gasteiger charge is 2.15. The molecule has 5 nitrogen and oxygen atoms in total. The second-order valence-electron chi connectivity index (χ2n) is 7.31. The van der Waals surface area contributed by atoms with Crippen molar-refractivity contribution in [2.45, 2.75) is 27.3 Å². The topological polar surface area (TPSA) is 49.0 Å². The molecule has 0 fully saturated rings. The maximum Gasteiger partial charge on any atom is 0.333 e. The van der Waals surface area contributed by atoms with Crippen molar-refractivity contribution in [2.24, 2.45) is 0 Å². The fourth-order valence-corrected chi connectivity index (χ4v) is 3.80. The summed E-state index contributed by atoms with van der Waals surface area (Å²) in [6, 6.07) is 16.7. The first-order chi connectivity index (χ1) is 14.6. The zero-order valence-corrected chi connectivity index (χ0v) is 17.5. The van der Waals surface area contributed by atoms with E-state index >= 15 is 0 Å². The number of aryl methyl sites for hydroxylation is 1. The number of imidazole rings is 1. The molecule has 0 spiro atoms. The van der Waals surface area contributed by atoms with E-state index in [9.17, 15) is 4.79 Å². The van der Waals surface area contributed by atoms with Gasteiger partial charge in [-0.15, -0.1) is 0 Å². The number of carbonyl (C=O) groups excluding carboxylic acids is 1. The Kier molecular flexibility index (Phi) is 5.53. The lowest BCUT2D eigenvalue weighted by molar-refractivity contribution is -0.138. The first-order valence-corrected chi connectivity index (χ1v) is 10.1. The number of para-hydroxylation sites is 1. The van der Waals surface area contributed by atoms with Crippen LogP contribution in [0.25, 0.3) is 22.8 Å². The molecular weight excluding hydrogens is 374 g/mol. The van der Waals surface area contributed by atoms with Gasteiger partial charge in [-0.25, -0.2) is 9.78 Å². The summed E-state index contributed by atoms with van der Waals surface area (Å²) in [6.45, 7) is 6.86. The highest BCUT2D eigenvalue weighted by molar-refractivity contribution is 5.93. The van der Waals surface area contributed by atoms with Crippen LogP contribution in [0.3, 0.4) is 0 Å². The monoisotopic (exact) mass is 399 g/mol. The van der Waals surface area contributed by atoms with Crippen LogP contribution in [-0.4, -0.2) is 26.7 Å². The number of ether oxygens (including phenoxy) is 1.